The number of hydrogen-bond donors (Lipinski definition) is 1. The van der Waals surface area contributed by atoms with Gasteiger partial charge in [-0.25, -0.2) is 9.78 Å². The van der Waals surface area contributed by atoms with Crippen LogP contribution in [0.4, 0.5) is 0 Å². The van der Waals surface area contributed by atoms with Crippen LogP contribution in [-0.4, -0.2) is 41.3 Å². The highest BCUT2D eigenvalue weighted by Gasteiger charge is 2.41. The zero-order valence-corrected chi connectivity index (χ0v) is 35.6. The number of aromatic nitrogens is 1. The first-order chi connectivity index (χ1) is 24.1. The summed E-state index contributed by atoms with van der Waals surface area (Å²) in [6.07, 6.45) is 10.9. The summed E-state index contributed by atoms with van der Waals surface area (Å²) < 4.78 is 15.9. The number of allylic oxidation sites excluding steroid dienone is 1. The molecule has 0 saturated carbocycles. The number of esters is 2. The highest BCUT2D eigenvalue weighted by atomic mass is 32.2. The van der Waals surface area contributed by atoms with Gasteiger partial charge in [-0.1, -0.05) is 138 Å². The Morgan fingerprint density at radius 3 is 2.08 bits per heavy atom. The first kappa shape index (κ1) is 47.2. The van der Waals surface area contributed by atoms with Crippen LogP contribution in [0.5, 0.6) is 0 Å². The van der Waals surface area contributed by atoms with Crippen LogP contribution in [-0.2, 0) is 31.2 Å². The maximum Gasteiger partial charge on any atom is 0.333 e. The molecule has 294 valence electrons. The molecule has 1 heterocycles. The third kappa shape index (κ3) is 17.8. The molecule has 1 aromatic carbocycles. The summed E-state index contributed by atoms with van der Waals surface area (Å²) in [7, 11) is 0. The molecule has 0 aliphatic heterocycles. The van der Waals surface area contributed by atoms with E-state index in [1.807, 2.05) is 26.8 Å². The fourth-order valence-corrected chi connectivity index (χ4v) is 6.73. The van der Waals surface area contributed by atoms with Gasteiger partial charge in [-0.15, -0.1) is 0 Å². The van der Waals surface area contributed by atoms with Crippen molar-refractivity contribution in [3.63, 3.8) is 0 Å². The molecule has 0 radical (unpaired) electrons. The maximum atomic E-state index is 12.5. The first-order valence-electron chi connectivity index (χ1n) is 19.2. The lowest BCUT2D eigenvalue weighted by atomic mass is 9.69. The molecule has 7 nitrogen and oxygen atoms in total. The number of carbonyl (C=O) groups is 2. The first-order valence-corrected chi connectivity index (χ1v) is 20.2. The normalized spacial score (nSPS) is 14.8. The van der Waals surface area contributed by atoms with E-state index in [1.54, 1.807) is 11.8 Å². The average molecular weight is 742 g/mol. The van der Waals surface area contributed by atoms with Gasteiger partial charge in [-0.3, -0.25) is 4.79 Å². The van der Waals surface area contributed by atoms with Gasteiger partial charge in [0.05, 0.1) is 11.1 Å². The van der Waals surface area contributed by atoms with Crippen LogP contribution >= 0.6 is 11.8 Å². The van der Waals surface area contributed by atoms with Gasteiger partial charge in [0.25, 0.3) is 5.22 Å². The van der Waals surface area contributed by atoms with Crippen LogP contribution in [0, 0.1) is 22.2 Å². The van der Waals surface area contributed by atoms with Crippen molar-refractivity contribution >= 4 is 29.8 Å². The van der Waals surface area contributed by atoms with Crippen LogP contribution in [0.15, 0.2) is 52.1 Å². The Morgan fingerprint density at radius 1 is 0.981 bits per heavy atom. The average Bonchev–Trinajstić information content (AvgIpc) is 3.47. The summed E-state index contributed by atoms with van der Waals surface area (Å²) in [5.74, 6) is 1.70. The topological polar surface area (TPSA) is 98.9 Å². The van der Waals surface area contributed by atoms with E-state index in [0.29, 0.717) is 17.8 Å². The van der Waals surface area contributed by atoms with E-state index in [-0.39, 0.29) is 36.1 Å². The van der Waals surface area contributed by atoms with Crippen molar-refractivity contribution in [1.29, 1.82) is 0 Å². The molecule has 0 fully saturated rings. The van der Waals surface area contributed by atoms with E-state index in [4.69, 9.17) is 13.9 Å². The fraction of sp³-hybridized carbons (Fsp3) is 0.659. The van der Waals surface area contributed by atoms with E-state index in [1.165, 1.54) is 43.7 Å². The molecule has 0 bridgehead atoms. The molecule has 8 heteroatoms. The van der Waals surface area contributed by atoms with Crippen molar-refractivity contribution in [2.24, 2.45) is 22.2 Å². The summed E-state index contributed by atoms with van der Waals surface area (Å²) in [5.41, 5.74) is 3.89. The zero-order valence-electron chi connectivity index (χ0n) is 34.8. The molecule has 1 aliphatic carbocycles. The third-order valence-electron chi connectivity index (χ3n) is 8.63. The minimum Gasteiger partial charge on any atom is -0.462 e. The molecule has 1 aromatic heterocycles. The van der Waals surface area contributed by atoms with Crippen molar-refractivity contribution in [3.05, 3.63) is 65.1 Å². The van der Waals surface area contributed by atoms with Gasteiger partial charge in [-0.05, 0) is 85.8 Å². The smallest absolute Gasteiger partial charge is 0.333 e. The number of fused-ring (bicyclic) bond motifs is 1. The van der Waals surface area contributed by atoms with E-state index in [0.717, 1.165) is 35.3 Å². The summed E-state index contributed by atoms with van der Waals surface area (Å²) in [6.45, 7) is 30.2. The lowest BCUT2D eigenvalue weighted by Gasteiger charge is -2.37. The highest BCUT2D eigenvalue weighted by molar-refractivity contribution is 7.98. The molecular weight excluding hydrogens is 671 g/mol. The van der Waals surface area contributed by atoms with Crippen molar-refractivity contribution in [2.75, 3.05) is 13.2 Å². The standard InChI is InChI=1S/C23H31NOS.C18H32O5.C3H8/c1-5-8-19(15-23(2,3)4)18-13-11-17(12-14-18)16-26-22-24-20-9-6-7-10-21(20)25-22;1-12(2)15(20)22-9-14(19)10-23-16(21)18(8,13(3)4)11-17(5,6)7;1-3-2/h7,10-14,19H,5-6,8-9,15-16H2,1-4H3;13-14,19H,1,9-11H2,2-8H3;3H2,1-2H3. The van der Waals surface area contributed by atoms with Crippen LogP contribution in [0.3, 0.4) is 0 Å². The van der Waals surface area contributed by atoms with Crippen LogP contribution < -0.4 is 0 Å². The van der Waals surface area contributed by atoms with Gasteiger partial charge in [0.1, 0.15) is 19.3 Å². The zero-order chi connectivity index (χ0) is 39.7. The Kier molecular flexibility index (Phi) is 20.3. The number of aliphatic hydroxyl groups is 1. The summed E-state index contributed by atoms with van der Waals surface area (Å²) in [6, 6.07) is 9.20. The largest absolute Gasteiger partial charge is 0.462 e. The molecule has 1 aliphatic rings. The van der Waals surface area contributed by atoms with E-state index >= 15 is 0 Å². The minimum atomic E-state index is -1.05. The lowest BCUT2D eigenvalue weighted by molar-refractivity contribution is -0.164. The summed E-state index contributed by atoms with van der Waals surface area (Å²) >= 11 is 1.69. The second-order valence-corrected chi connectivity index (χ2v) is 18.1. The Bertz CT molecular complexity index is 1400. The number of aliphatic hydroxyl groups excluding tert-OH is 1. The highest BCUT2D eigenvalue weighted by Crippen LogP contribution is 2.40. The van der Waals surface area contributed by atoms with Gasteiger partial charge in [0.15, 0.2) is 5.76 Å². The molecule has 52 heavy (non-hydrogen) atoms. The van der Waals surface area contributed by atoms with Crippen LogP contribution in [0.25, 0.3) is 6.08 Å². The number of rotatable bonds is 15. The van der Waals surface area contributed by atoms with Crippen molar-refractivity contribution in [2.45, 2.75) is 158 Å². The van der Waals surface area contributed by atoms with Crippen molar-refractivity contribution in [1.82, 2.24) is 4.98 Å². The quantitative estimate of drug-likeness (QED) is 0.109. The number of oxazole rings is 1. The predicted molar refractivity (Wildman–Crippen MR) is 217 cm³/mol. The Labute approximate surface area is 320 Å². The predicted octanol–water partition coefficient (Wildman–Crippen LogP) is 11.8. The van der Waals surface area contributed by atoms with Crippen molar-refractivity contribution < 1.29 is 28.6 Å². The summed E-state index contributed by atoms with van der Waals surface area (Å²) in [4.78, 5) is 28.4. The third-order valence-corrected chi connectivity index (χ3v) is 9.53. The molecule has 3 atom stereocenters. The van der Waals surface area contributed by atoms with Crippen LogP contribution in [0.1, 0.15) is 157 Å². The Morgan fingerprint density at radius 2 is 1.58 bits per heavy atom. The second kappa shape index (κ2) is 22.4. The molecule has 0 saturated heterocycles. The van der Waals surface area contributed by atoms with Crippen LogP contribution in [0.2, 0.25) is 0 Å². The number of aryl methyl sites for hydroxylation is 1. The van der Waals surface area contributed by atoms with Gasteiger partial charge >= 0.3 is 11.9 Å². The van der Waals surface area contributed by atoms with Gasteiger partial charge in [0, 0.05) is 11.3 Å². The Hall–Kier alpha value is -2.84. The molecule has 0 amide bonds. The minimum absolute atomic E-state index is 0.0202. The molecule has 3 unspecified atom stereocenters. The molecule has 0 spiro atoms. The monoisotopic (exact) mass is 742 g/mol. The molecule has 3 rings (SSSR count). The number of carbonyl (C=O) groups excluding carboxylic acids is 2. The molecular formula is C44H71NO6S. The molecule has 2 aromatic rings. The number of nitrogens with zero attached hydrogens (tertiary/aromatic N) is 1. The number of ether oxygens (including phenoxy) is 2. The Balaban J connectivity index is 0.000000488. The maximum absolute atomic E-state index is 12.5. The number of hydrogen-bond acceptors (Lipinski definition) is 8. The summed E-state index contributed by atoms with van der Waals surface area (Å²) in [5, 5.41) is 10.6. The lowest BCUT2D eigenvalue weighted by Crippen LogP contribution is -2.40. The van der Waals surface area contributed by atoms with Crippen molar-refractivity contribution in [3.8, 4) is 0 Å². The van der Waals surface area contributed by atoms with Gasteiger partial charge < -0.3 is 19.0 Å². The van der Waals surface area contributed by atoms with Gasteiger partial charge in [0.2, 0.25) is 0 Å². The SMILES string of the molecule is C=C(C)C(=O)OCC(O)COC(=O)C(C)(CC(C)(C)C)C(C)C.CCC.CCCC(CC(C)(C)C)c1ccc(CSc2nc3c(o2)C=CCC3)cc1. The number of thioether (sulfide) groups is 1. The van der Waals surface area contributed by atoms with Gasteiger partial charge in [-0.2, -0.15) is 0 Å². The second-order valence-electron chi connectivity index (χ2n) is 17.2. The van der Waals surface area contributed by atoms with E-state index in [9.17, 15) is 14.7 Å². The fourth-order valence-electron chi connectivity index (χ4n) is 5.92. The van der Waals surface area contributed by atoms with E-state index in [2.05, 4.69) is 104 Å². The number of benzene rings is 1. The molecule has 1 N–H and O–H groups in total. The van der Waals surface area contributed by atoms with E-state index < -0.39 is 17.5 Å².